The molecule has 1 aliphatic heterocycles. The topological polar surface area (TPSA) is 47.6 Å². The van der Waals surface area contributed by atoms with E-state index in [9.17, 15) is 0 Å². The van der Waals surface area contributed by atoms with Crippen molar-refractivity contribution in [3.8, 4) is 0 Å². The van der Waals surface area contributed by atoms with Crippen molar-refractivity contribution in [2.24, 2.45) is 4.99 Å². The van der Waals surface area contributed by atoms with Gasteiger partial charge in [-0.05, 0) is 56.2 Å². The molecule has 0 bridgehead atoms. The van der Waals surface area contributed by atoms with Crippen LogP contribution in [0.5, 0.6) is 0 Å². The van der Waals surface area contributed by atoms with E-state index in [2.05, 4.69) is 35.3 Å². The number of aliphatic imine (C=N–C) groups is 1. The number of aryl methyl sites for hydroxylation is 3. The average Bonchev–Trinajstić information content (AvgIpc) is 3.30. The highest BCUT2D eigenvalue weighted by atomic mass is 32.2. The van der Waals surface area contributed by atoms with Crippen LogP contribution in [0.15, 0.2) is 38.7 Å². The molecule has 0 N–H and O–H groups in total. The molecule has 0 amide bonds. The van der Waals surface area contributed by atoms with Gasteiger partial charge in [0, 0.05) is 22.9 Å². The van der Waals surface area contributed by atoms with Gasteiger partial charge in [0.05, 0.1) is 12.2 Å². The summed E-state index contributed by atoms with van der Waals surface area (Å²) in [5.74, 6) is 3.00. The summed E-state index contributed by atoms with van der Waals surface area (Å²) < 4.78 is 10.8. The summed E-state index contributed by atoms with van der Waals surface area (Å²) in [6.45, 7) is 5.63. The highest BCUT2D eigenvalue weighted by Gasteiger charge is 2.11. The van der Waals surface area contributed by atoms with Crippen LogP contribution in [0.1, 0.15) is 54.7 Å². The maximum absolute atomic E-state index is 5.54. The summed E-state index contributed by atoms with van der Waals surface area (Å²) in [6, 6.07) is 8.57. The Bertz CT molecular complexity index is 739. The van der Waals surface area contributed by atoms with Crippen LogP contribution < -0.4 is 0 Å². The fraction of sp³-hybridized carbons (Fsp3) is 0.524. The second-order valence-electron chi connectivity index (χ2n) is 6.82. The lowest BCUT2D eigenvalue weighted by Gasteiger charge is -2.08. The van der Waals surface area contributed by atoms with E-state index in [1.807, 2.05) is 24.8 Å². The Hall–Kier alpha value is -1.75. The van der Waals surface area contributed by atoms with Crippen molar-refractivity contribution in [1.82, 2.24) is 5.16 Å². The Labute approximate surface area is 160 Å². The lowest BCUT2D eigenvalue weighted by molar-refractivity contribution is 0.348. The molecule has 1 aromatic heterocycles. The summed E-state index contributed by atoms with van der Waals surface area (Å²) in [7, 11) is 0. The van der Waals surface area contributed by atoms with Crippen molar-refractivity contribution in [3.63, 3.8) is 0 Å². The third kappa shape index (κ3) is 5.63. The standard InChI is InChI=1S/C21H28N2O2S/c1-16-14-18(21-22-11-12-24-21)9-10-20(16)26-13-7-5-3-4-6-8-19-15-17(2)23-25-19/h9-10,14-15H,3-8,11-13H2,1-2H3. The molecule has 4 nitrogen and oxygen atoms in total. The first-order valence-electron chi connectivity index (χ1n) is 9.55. The van der Waals surface area contributed by atoms with E-state index in [0.29, 0.717) is 6.61 Å². The molecule has 2 heterocycles. The lowest BCUT2D eigenvalue weighted by Crippen LogP contribution is -2.01. The minimum atomic E-state index is 0.711. The first-order valence-corrected chi connectivity index (χ1v) is 10.5. The Morgan fingerprint density at radius 3 is 2.62 bits per heavy atom. The normalized spacial score (nSPS) is 13.7. The van der Waals surface area contributed by atoms with Crippen LogP contribution in [0, 0.1) is 13.8 Å². The first kappa shape index (κ1) is 19.0. The molecular weight excluding hydrogens is 344 g/mol. The molecule has 0 fully saturated rings. The maximum atomic E-state index is 5.54. The highest BCUT2D eigenvalue weighted by molar-refractivity contribution is 7.99. The van der Waals surface area contributed by atoms with Gasteiger partial charge >= 0.3 is 0 Å². The van der Waals surface area contributed by atoms with Crippen molar-refractivity contribution in [1.29, 1.82) is 0 Å². The Kier molecular flexibility index (Phi) is 7.18. The zero-order valence-corrected chi connectivity index (χ0v) is 16.6. The van der Waals surface area contributed by atoms with E-state index >= 15 is 0 Å². The number of hydrogen-bond acceptors (Lipinski definition) is 5. The third-order valence-electron chi connectivity index (χ3n) is 4.51. The SMILES string of the molecule is Cc1cc(CCCCCCCSc2ccc(C3=NCCO3)cc2C)on1. The molecule has 0 atom stereocenters. The van der Waals surface area contributed by atoms with Gasteiger partial charge < -0.3 is 9.26 Å². The van der Waals surface area contributed by atoms with E-state index in [1.54, 1.807) is 0 Å². The second kappa shape index (κ2) is 9.81. The maximum Gasteiger partial charge on any atom is 0.216 e. The van der Waals surface area contributed by atoms with Crippen molar-refractivity contribution >= 4 is 17.7 Å². The number of rotatable bonds is 10. The Morgan fingerprint density at radius 2 is 1.88 bits per heavy atom. The number of benzene rings is 1. The lowest BCUT2D eigenvalue weighted by atomic mass is 10.1. The summed E-state index contributed by atoms with van der Waals surface area (Å²) in [4.78, 5) is 5.75. The Balaban J connectivity index is 1.29. The van der Waals surface area contributed by atoms with Gasteiger partial charge in [-0.1, -0.05) is 24.4 Å². The summed E-state index contributed by atoms with van der Waals surface area (Å²) in [6.07, 6.45) is 7.32. The first-order chi connectivity index (χ1) is 12.7. The van der Waals surface area contributed by atoms with E-state index in [1.165, 1.54) is 48.3 Å². The van der Waals surface area contributed by atoms with Crippen LogP contribution in [0.3, 0.4) is 0 Å². The number of nitrogens with zero attached hydrogens (tertiary/aromatic N) is 2. The number of ether oxygens (including phenoxy) is 1. The van der Waals surface area contributed by atoms with E-state index < -0.39 is 0 Å². The van der Waals surface area contributed by atoms with E-state index in [-0.39, 0.29) is 0 Å². The predicted octanol–water partition coefficient (Wildman–Crippen LogP) is 5.35. The molecule has 2 aromatic rings. The summed E-state index contributed by atoms with van der Waals surface area (Å²) in [5, 5.41) is 3.93. The van der Waals surface area contributed by atoms with Crippen LogP contribution in [0.2, 0.25) is 0 Å². The molecule has 1 aliphatic rings. The summed E-state index contributed by atoms with van der Waals surface area (Å²) in [5.41, 5.74) is 3.39. The van der Waals surface area contributed by atoms with Gasteiger partial charge in [-0.25, -0.2) is 4.99 Å². The quantitative estimate of drug-likeness (QED) is 0.416. The Morgan fingerprint density at radius 1 is 1.04 bits per heavy atom. The minimum Gasteiger partial charge on any atom is -0.476 e. The molecule has 0 spiro atoms. The van der Waals surface area contributed by atoms with Crippen LogP contribution >= 0.6 is 11.8 Å². The monoisotopic (exact) mass is 372 g/mol. The number of unbranched alkanes of at least 4 members (excludes halogenated alkanes) is 4. The molecule has 0 saturated heterocycles. The van der Waals surface area contributed by atoms with Crippen molar-refractivity contribution in [2.75, 3.05) is 18.9 Å². The molecule has 1 aromatic carbocycles. The summed E-state index contributed by atoms with van der Waals surface area (Å²) >= 11 is 1.96. The zero-order valence-electron chi connectivity index (χ0n) is 15.8. The average molecular weight is 373 g/mol. The van der Waals surface area contributed by atoms with Crippen LogP contribution in [0.25, 0.3) is 0 Å². The van der Waals surface area contributed by atoms with E-state index in [4.69, 9.17) is 9.26 Å². The number of hydrogen-bond donors (Lipinski definition) is 0. The van der Waals surface area contributed by atoms with Crippen LogP contribution in [-0.2, 0) is 11.2 Å². The fourth-order valence-corrected chi connectivity index (χ4v) is 4.12. The molecular formula is C21H28N2O2S. The van der Waals surface area contributed by atoms with Gasteiger partial charge in [-0.2, -0.15) is 0 Å². The molecule has 0 radical (unpaired) electrons. The number of aromatic nitrogens is 1. The van der Waals surface area contributed by atoms with Gasteiger partial charge in [-0.3, -0.25) is 0 Å². The molecule has 0 saturated carbocycles. The predicted molar refractivity (Wildman–Crippen MR) is 107 cm³/mol. The van der Waals surface area contributed by atoms with Crippen LogP contribution in [0.4, 0.5) is 0 Å². The minimum absolute atomic E-state index is 0.711. The largest absolute Gasteiger partial charge is 0.476 e. The molecule has 5 heteroatoms. The zero-order chi connectivity index (χ0) is 18.2. The van der Waals surface area contributed by atoms with Crippen molar-refractivity contribution in [3.05, 3.63) is 46.8 Å². The number of thioether (sulfide) groups is 1. The van der Waals surface area contributed by atoms with Gasteiger partial charge in [0.2, 0.25) is 5.90 Å². The van der Waals surface area contributed by atoms with Gasteiger partial charge in [-0.15, -0.1) is 11.8 Å². The smallest absolute Gasteiger partial charge is 0.216 e. The second-order valence-corrected chi connectivity index (χ2v) is 7.95. The van der Waals surface area contributed by atoms with Gasteiger partial charge in [0.25, 0.3) is 0 Å². The molecule has 0 unspecified atom stereocenters. The van der Waals surface area contributed by atoms with Crippen molar-refractivity contribution < 1.29 is 9.26 Å². The third-order valence-corrected chi connectivity index (χ3v) is 5.77. The van der Waals surface area contributed by atoms with Gasteiger partial charge in [0.15, 0.2) is 0 Å². The van der Waals surface area contributed by atoms with Crippen molar-refractivity contribution in [2.45, 2.75) is 57.3 Å². The molecule has 3 rings (SSSR count). The van der Waals surface area contributed by atoms with Crippen LogP contribution in [-0.4, -0.2) is 30.0 Å². The highest BCUT2D eigenvalue weighted by Crippen LogP contribution is 2.25. The molecule has 140 valence electrons. The van der Waals surface area contributed by atoms with Gasteiger partial charge in [0.1, 0.15) is 12.4 Å². The van der Waals surface area contributed by atoms with E-state index in [0.717, 1.165) is 35.9 Å². The molecule has 0 aliphatic carbocycles. The molecule has 26 heavy (non-hydrogen) atoms. The fourth-order valence-electron chi connectivity index (χ4n) is 3.10.